The molecule has 0 aliphatic carbocycles. The van der Waals surface area contributed by atoms with Crippen LogP contribution < -0.4 is 10.1 Å². The second-order valence-electron chi connectivity index (χ2n) is 6.68. The lowest BCUT2D eigenvalue weighted by Crippen LogP contribution is -2.55. The Kier molecular flexibility index (Phi) is 9.29. The van der Waals surface area contributed by atoms with Gasteiger partial charge >= 0.3 is 0 Å². The number of nitrogens with zero attached hydrogens (tertiary/aromatic N) is 3. The number of carbonyl (C=O) groups excluding carboxylic acids is 1. The van der Waals surface area contributed by atoms with Gasteiger partial charge in [-0.05, 0) is 46.5 Å². The van der Waals surface area contributed by atoms with Crippen molar-refractivity contribution in [1.29, 1.82) is 0 Å². The number of carbonyl (C=O) groups is 1. The number of halogens is 2. The molecule has 0 aromatic heterocycles. The van der Waals surface area contributed by atoms with Crippen molar-refractivity contribution >= 4 is 51.8 Å². The van der Waals surface area contributed by atoms with E-state index in [9.17, 15) is 4.79 Å². The van der Waals surface area contributed by atoms with Gasteiger partial charge in [-0.2, -0.15) is 0 Å². The van der Waals surface area contributed by atoms with Crippen molar-refractivity contribution in [2.24, 2.45) is 4.99 Å². The van der Waals surface area contributed by atoms with E-state index in [-0.39, 0.29) is 36.0 Å². The molecule has 2 aliphatic rings. The molecule has 9 heteroatoms. The van der Waals surface area contributed by atoms with Gasteiger partial charge in [-0.1, -0.05) is 6.07 Å². The van der Waals surface area contributed by atoms with E-state index in [0.29, 0.717) is 26.2 Å². The fourth-order valence-corrected chi connectivity index (χ4v) is 4.04. The van der Waals surface area contributed by atoms with Crippen molar-refractivity contribution in [2.45, 2.75) is 25.5 Å². The summed E-state index contributed by atoms with van der Waals surface area (Å²) >= 11 is 3.51. The Balaban J connectivity index is 0.00000280. The number of piperazine rings is 1. The Labute approximate surface area is 192 Å². The second kappa shape index (κ2) is 11.2. The highest BCUT2D eigenvalue weighted by Gasteiger charge is 2.30. The van der Waals surface area contributed by atoms with Crippen LogP contribution in [0.3, 0.4) is 0 Å². The summed E-state index contributed by atoms with van der Waals surface area (Å²) in [6.45, 7) is 4.31. The highest BCUT2D eigenvalue weighted by Crippen LogP contribution is 2.25. The van der Waals surface area contributed by atoms with Crippen molar-refractivity contribution in [3.63, 3.8) is 0 Å². The molecule has 0 spiro atoms. The average molecular weight is 567 g/mol. The predicted octanol–water partition coefficient (Wildman–Crippen LogP) is 2.47. The molecule has 0 saturated carbocycles. The smallest absolute Gasteiger partial charge is 0.251 e. The maximum Gasteiger partial charge on any atom is 0.251 e. The Morgan fingerprint density at radius 1 is 1.32 bits per heavy atom. The molecule has 1 N–H and O–H groups in total. The summed E-state index contributed by atoms with van der Waals surface area (Å²) in [5.41, 5.74) is 1.14. The van der Waals surface area contributed by atoms with Crippen LogP contribution in [0.5, 0.6) is 5.75 Å². The van der Waals surface area contributed by atoms with E-state index >= 15 is 0 Å². The molecule has 2 saturated heterocycles. The molecule has 3 rings (SSSR count). The molecule has 1 unspecified atom stereocenters. The SMILES string of the molecule is CN=C(NCc1ccc(OC)c(Br)c1)N1CCN(C(=O)C2CCCO2)CC1.I. The number of aliphatic imine (C=N–C) groups is 1. The van der Waals surface area contributed by atoms with Gasteiger partial charge in [0, 0.05) is 46.4 Å². The summed E-state index contributed by atoms with van der Waals surface area (Å²) < 4.78 is 11.7. The molecule has 156 valence electrons. The lowest BCUT2D eigenvalue weighted by atomic mass is 10.2. The van der Waals surface area contributed by atoms with E-state index in [1.165, 1.54) is 0 Å². The van der Waals surface area contributed by atoms with Crippen molar-refractivity contribution in [1.82, 2.24) is 15.1 Å². The molecule has 0 bridgehead atoms. The fraction of sp³-hybridized carbons (Fsp3) is 0.579. The van der Waals surface area contributed by atoms with Crippen LogP contribution >= 0.6 is 39.9 Å². The van der Waals surface area contributed by atoms with Gasteiger partial charge in [0.25, 0.3) is 5.91 Å². The molecule has 1 aromatic rings. The first kappa shape index (κ1) is 23.2. The molecule has 2 aliphatic heterocycles. The topological polar surface area (TPSA) is 66.4 Å². The van der Waals surface area contributed by atoms with Gasteiger partial charge in [-0.25, -0.2) is 0 Å². The maximum absolute atomic E-state index is 12.5. The van der Waals surface area contributed by atoms with Crippen molar-refractivity contribution in [2.75, 3.05) is 46.9 Å². The minimum Gasteiger partial charge on any atom is -0.496 e. The summed E-state index contributed by atoms with van der Waals surface area (Å²) in [6.07, 6.45) is 1.59. The molecule has 1 amide bonds. The van der Waals surface area contributed by atoms with E-state index in [0.717, 1.165) is 47.7 Å². The van der Waals surface area contributed by atoms with E-state index in [1.54, 1.807) is 14.2 Å². The van der Waals surface area contributed by atoms with E-state index in [2.05, 4.69) is 31.1 Å². The number of amides is 1. The second-order valence-corrected chi connectivity index (χ2v) is 7.54. The quantitative estimate of drug-likeness (QED) is 0.345. The standard InChI is InChI=1S/C19H27BrN4O3.HI/c1-21-19(22-13-14-5-6-16(26-2)15(20)12-14)24-9-7-23(8-10-24)18(25)17-4-3-11-27-17;/h5-6,12,17H,3-4,7-11,13H2,1-2H3,(H,21,22);1H. The zero-order valence-electron chi connectivity index (χ0n) is 16.3. The fourth-order valence-electron chi connectivity index (χ4n) is 3.45. The highest BCUT2D eigenvalue weighted by atomic mass is 127. The van der Waals surface area contributed by atoms with Gasteiger partial charge in [-0.3, -0.25) is 9.79 Å². The number of hydrogen-bond donors (Lipinski definition) is 1. The van der Waals surface area contributed by atoms with Crippen molar-refractivity contribution in [3.8, 4) is 5.75 Å². The van der Waals surface area contributed by atoms with Gasteiger partial charge in [0.1, 0.15) is 11.9 Å². The number of methoxy groups -OCH3 is 1. The molecular formula is C19H28BrIN4O3. The lowest BCUT2D eigenvalue weighted by Gasteiger charge is -2.37. The summed E-state index contributed by atoms with van der Waals surface area (Å²) in [7, 11) is 3.44. The van der Waals surface area contributed by atoms with E-state index in [4.69, 9.17) is 9.47 Å². The van der Waals surface area contributed by atoms with Crippen molar-refractivity contribution < 1.29 is 14.3 Å². The summed E-state index contributed by atoms with van der Waals surface area (Å²) in [5, 5.41) is 3.41. The number of benzene rings is 1. The Morgan fingerprint density at radius 3 is 2.61 bits per heavy atom. The lowest BCUT2D eigenvalue weighted by molar-refractivity contribution is -0.142. The largest absolute Gasteiger partial charge is 0.496 e. The van der Waals surface area contributed by atoms with Crippen LogP contribution in [0, 0.1) is 0 Å². The molecule has 2 heterocycles. The number of ether oxygens (including phenoxy) is 2. The number of hydrogen-bond acceptors (Lipinski definition) is 4. The maximum atomic E-state index is 12.5. The zero-order valence-corrected chi connectivity index (χ0v) is 20.2. The molecular weight excluding hydrogens is 539 g/mol. The third-order valence-corrected chi connectivity index (χ3v) is 5.59. The van der Waals surface area contributed by atoms with Crippen LogP contribution in [0.4, 0.5) is 0 Å². The molecule has 1 atom stereocenters. The number of nitrogens with one attached hydrogen (secondary N) is 1. The monoisotopic (exact) mass is 566 g/mol. The molecule has 1 aromatic carbocycles. The van der Waals surface area contributed by atoms with Crippen LogP contribution in [-0.4, -0.2) is 74.7 Å². The predicted molar refractivity (Wildman–Crippen MR) is 123 cm³/mol. The van der Waals surface area contributed by atoms with E-state index in [1.807, 2.05) is 23.1 Å². The number of guanidine groups is 1. The minimum absolute atomic E-state index is 0. The Hall–Kier alpha value is -1.07. The first-order valence-electron chi connectivity index (χ1n) is 9.30. The molecule has 0 radical (unpaired) electrons. The summed E-state index contributed by atoms with van der Waals surface area (Å²) in [6, 6.07) is 6.01. The average Bonchev–Trinajstić information content (AvgIpc) is 3.23. The summed E-state index contributed by atoms with van der Waals surface area (Å²) in [4.78, 5) is 21.0. The first-order chi connectivity index (χ1) is 13.1. The normalized spacial score (nSPS) is 20.0. The number of rotatable bonds is 4. The first-order valence-corrected chi connectivity index (χ1v) is 10.1. The van der Waals surface area contributed by atoms with Crippen molar-refractivity contribution in [3.05, 3.63) is 28.2 Å². The van der Waals surface area contributed by atoms with Crippen LogP contribution in [0.2, 0.25) is 0 Å². The third kappa shape index (κ3) is 5.73. The highest BCUT2D eigenvalue weighted by molar-refractivity contribution is 14.0. The van der Waals surface area contributed by atoms with Crippen LogP contribution in [0.25, 0.3) is 0 Å². The van der Waals surface area contributed by atoms with Gasteiger partial charge in [0.05, 0.1) is 11.6 Å². The third-order valence-electron chi connectivity index (χ3n) is 4.97. The zero-order chi connectivity index (χ0) is 19.2. The van der Waals surface area contributed by atoms with Gasteiger partial charge in [-0.15, -0.1) is 24.0 Å². The Morgan fingerprint density at radius 2 is 2.04 bits per heavy atom. The van der Waals surface area contributed by atoms with Gasteiger partial charge in [0.2, 0.25) is 0 Å². The molecule has 7 nitrogen and oxygen atoms in total. The van der Waals surface area contributed by atoms with Crippen LogP contribution in [-0.2, 0) is 16.1 Å². The van der Waals surface area contributed by atoms with Crippen LogP contribution in [0.1, 0.15) is 18.4 Å². The Bertz CT molecular complexity index is 690. The van der Waals surface area contributed by atoms with Gasteiger partial charge in [0.15, 0.2) is 5.96 Å². The van der Waals surface area contributed by atoms with Gasteiger partial charge < -0.3 is 24.6 Å². The molecule has 2 fully saturated rings. The summed E-state index contributed by atoms with van der Waals surface area (Å²) in [5.74, 6) is 1.81. The minimum atomic E-state index is -0.234. The van der Waals surface area contributed by atoms with Crippen LogP contribution in [0.15, 0.2) is 27.7 Å². The molecule has 28 heavy (non-hydrogen) atoms. The van der Waals surface area contributed by atoms with E-state index < -0.39 is 0 Å².